The SMILES string of the molecule is O=c1c2c3c(sc2nc(N2CCOCC2)n1-c1ccccc1)CCCCC3. The number of thiophene rings is 1. The van der Waals surface area contributed by atoms with Crippen LogP contribution in [-0.4, -0.2) is 35.9 Å². The summed E-state index contributed by atoms with van der Waals surface area (Å²) in [7, 11) is 0. The lowest BCUT2D eigenvalue weighted by Gasteiger charge is -2.29. The predicted octanol–water partition coefficient (Wildman–Crippen LogP) is 3.55. The number of morpholine rings is 1. The van der Waals surface area contributed by atoms with Crippen molar-refractivity contribution in [2.45, 2.75) is 32.1 Å². The maximum absolute atomic E-state index is 13.7. The third kappa shape index (κ3) is 2.97. The Hall–Kier alpha value is -2.18. The van der Waals surface area contributed by atoms with Crippen LogP contribution in [0.4, 0.5) is 5.95 Å². The maximum atomic E-state index is 13.7. The minimum Gasteiger partial charge on any atom is -0.378 e. The highest BCUT2D eigenvalue weighted by molar-refractivity contribution is 7.18. The summed E-state index contributed by atoms with van der Waals surface area (Å²) in [5, 5.41) is 0.845. The van der Waals surface area contributed by atoms with E-state index in [2.05, 4.69) is 4.90 Å². The van der Waals surface area contributed by atoms with Crippen molar-refractivity contribution in [1.82, 2.24) is 9.55 Å². The Balaban J connectivity index is 1.78. The molecule has 0 radical (unpaired) electrons. The van der Waals surface area contributed by atoms with Gasteiger partial charge in [0.05, 0.1) is 24.3 Å². The van der Waals surface area contributed by atoms with Gasteiger partial charge in [0.25, 0.3) is 5.56 Å². The molecule has 6 heteroatoms. The fourth-order valence-corrected chi connectivity index (χ4v) is 5.40. The molecule has 2 aliphatic rings. The lowest BCUT2D eigenvalue weighted by molar-refractivity contribution is 0.122. The van der Waals surface area contributed by atoms with Crippen LogP contribution in [0.2, 0.25) is 0 Å². The smallest absolute Gasteiger partial charge is 0.268 e. The molecule has 0 spiro atoms. The van der Waals surface area contributed by atoms with Gasteiger partial charge in [-0.2, -0.15) is 0 Å². The topological polar surface area (TPSA) is 47.4 Å². The number of ether oxygens (including phenoxy) is 1. The standard InChI is InChI=1S/C21H23N3O2S/c25-20-18-16-9-5-2-6-10-17(16)27-19(18)22-21(23-11-13-26-14-12-23)24(20)15-7-3-1-4-8-15/h1,3-4,7-8H,2,5-6,9-14H2. The first kappa shape index (κ1) is 17.0. The Kier molecular flexibility index (Phi) is 4.45. The summed E-state index contributed by atoms with van der Waals surface area (Å²) in [5.74, 6) is 0.749. The number of hydrogen-bond acceptors (Lipinski definition) is 5. The van der Waals surface area contributed by atoms with Crippen LogP contribution < -0.4 is 10.5 Å². The van der Waals surface area contributed by atoms with Gasteiger partial charge in [0, 0.05) is 18.0 Å². The molecule has 0 unspecified atom stereocenters. The third-order valence-corrected chi connectivity index (χ3v) is 6.72. The van der Waals surface area contributed by atoms with Gasteiger partial charge < -0.3 is 9.64 Å². The minimum atomic E-state index is 0.0760. The van der Waals surface area contributed by atoms with Gasteiger partial charge in [0.15, 0.2) is 0 Å². The minimum absolute atomic E-state index is 0.0760. The molecule has 1 aromatic carbocycles. The fraction of sp³-hybridized carbons (Fsp3) is 0.429. The molecule has 27 heavy (non-hydrogen) atoms. The van der Waals surface area contributed by atoms with Crippen LogP contribution in [-0.2, 0) is 17.6 Å². The molecule has 0 bridgehead atoms. The first-order valence-corrected chi connectivity index (χ1v) is 10.6. The number of nitrogens with zero attached hydrogens (tertiary/aromatic N) is 3. The second-order valence-electron chi connectivity index (χ2n) is 7.23. The number of rotatable bonds is 2. The van der Waals surface area contributed by atoms with Gasteiger partial charge in [-0.3, -0.25) is 4.79 Å². The second kappa shape index (κ2) is 7.09. The Bertz CT molecular complexity index is 1020. The first-order valence-electron chi connectivity index (χ1n) is 9.78. The van der Waals surface area contributed by atoms with Gasteiger partial charge in [0.1, 0.15) is 4.83 Å². The zero-order valence-electron chi connectivity index (χ0n) is 15.3. The zero-order chi connectivity index (χ0) is 18.2. The molecule has 2 aromatic heterocycles. The normalized spacial score (nSPS) is 17.7. The summed E-state index contributed by atoms with van der Waals surface area (Å²) in [6, 6.07) is 9.91. The van der Waals surface area contributed by atoms with Crippen molar-refractivity contribution >= 4 is 27.5 Å². The van der Waals surface area contributed by atoms with E-state index in [1.807, 2.05) is 34.9 Å². The quantitative estimate of drug-likeness (QED) is 0.637. The van der Waals surface area contributed by atoms with Gasteiger partial charge in [-0.25, -0.2) is 9.55 Å². The Labute approximate surface area is 162 Å². The van der Waals surface area contributed by atoms with Crippen LogP contribution in [0.1, 0.15) is 29.7 Å². The molecule has 0 atom stereocenters. The summed E-state index contributed by atoms with van der Waals surface area (Å²) >= 11 is 1.73. The summed E-state index contributed by atoms with van der Waals surface area (Å²) in [4.78, 5) is 23.2. The van der Waals surface area contributed by atoms with Gasteiger partial charge in [0.2, 0.25) is 5.95 Å². The molecule has 140 valence electrons. The Morgan fingerprint density at radius 2 is 1.78 bits per heavy atom. The molecule has 3 aromatic rings. The van der Waals surface area contributed by atoms with E-state index in [4.69, 9.17) is 9.72 Å². The predicted molar refractivity (Wildman–Crippen MR) is 110 cm³/mol. The van der Waals surface area contributed by atoms with Crippen molar-refractivity contribution in [2.24, 2.45) is 0 Å². The lowest BCUT2D eigenvalue weighted by atomic mass is 10.1. The molecule has 5 rings (SSSR count). The highest BCUT2D eigenvalue weighted by Gasteiger charge is 2.25. The molecule has 0 saturated carbocycles. The first-order chi connectivity index (χ1) is 13.3. The van der Waals surface area contributed by atoms with Gasteiger partial charge in [-0.05, 0) is 43.4 Å². The van der Waals surface area contributed by atoms with E-state index in [0.717, 1.165) is 54.2 Å². The van der Waals surface area contributed by atoms with Crippen molar-refractivity contribution in [3.63, 3.8) is 0 Å². The number of anilines is 1. The average molecular weight is 382 g/mol. The summed E-state index contributed by atoms with van der Waals surface area (Å²) in [6.07, 6.45) is 5.69. The molecule has 0 amide bonds. The van der Waals surface area contributed by atoms with E-state index in [9.17, 15) is 4.79 Å². The van der Waals surface area contributed by atoms with E-state index >= 15 is 0 Å². The molecular weight excluding hydrogens is 358 g/mol. The lowest BCUT2D eigenvalue weighted by Crippen LogP contribution is -2.40. The monoisotopic (exact) mass is 381 g/mol. The number of fused-ring (bicyclic) bond motifs is 3. The molecule has 1 fully saturated rings. The number of benzene rings is 1. The van der Waals surface area contributed by atoms with Crippen molar-refractivity contribution < 1.29 is 4.74 Å². The van der Waals surface area contributed by atoms with Crippen LogP contribution in [0.5, 0.6) is 0 Å². The van der Waals surface area contributed by atoms with Crippen LogP contribution in [0.3, 0.4) is 0 Å². The fourth-order valence-electron chi connectivity index (χ4n) is 4.16. The molecule has 0 N–H and O–H groups in total. The molecule has 5 nitrogen and oxygen atoms in total. The highest BCUT2D eigenvalue weighted by atomic mass is 32.1. The molecular formula is C21H23N3O2S. The zero-order valence-corrected chi connectivity index (χ0v) is 16.1. The van der Waals surface area contributed by atoms with Crippen LogP contribution in [0, 0.1) is 0 Å². The molecule has 1 aliphatic carbocycles. The van der Waals surface area contributed by atoms with Crippen LogP contribution in [0.25, 0.3) is 15.9 Å². The number of aryl methyl sites for hydroxylation is 2. The summed E-state index contributed by atoms with van der Waals surface area (Å²) in [5.41, 5.74) is 2.21. The van der Waals surface area contributed by atoms with Crippen molar-refractivity contribution in [1.29, 1.82) is 0 Å². The largest absolute Gasteiger partial charge is 0.378 e. The van der Waals surface area contributed by atoms with Crippen molar-refractivity contribution in [2.75, 3.05) is 31.2 Å². The van der Waals surface area contributed by atoms with E-state index in [1.165, 1.54) is 23.3 Å². The van der Waals surface area contributed by atoms with E-state index in [0.29, 0.717) is 13.2 Å². The van der Waals surface area contributed by atoms with E-state index < -0.39 is 0 Å². The molecule has 1 saturated heterocycles. The van der Waals surface area contributed by atoms with Gasteiger partial charge >= 0.3 is 0 Å². The average Bonchev–Trinajstić information content (AvgIpc) is 2.91. The third-order valence-electron chi connectivity index (χ3n) is 5.53. The van der Waals surface area contributed by atoms with Gasteiger partial charge in [-0.15, -0.1) is 11.3 Å². The highest BCUT2D eigenvalue weighted by Crippen LogP contribution is 2.34. The summed E-state index contributed by atoms with van der Waals surface area (Å²) in [6.45, 7) is 2.86. The second-order valence-corrected chi connectivity index (χ2v) is 8.32. The number of hydrogen-bond donors (Lipinski definition) is 0. The van der Waals surface area contributed by atoms with Gasteiger partial charge in [-0.1, -0.05) is 24.6 Å². The van der Waals surface area contributed by atoms with Crippen LogP contribution in [0.15, 0.2) is 35.1 Å². The number of aromatic nitrogens is 2. The Morgan fingerprint density at radius 1 is 1.00 bits per heavy atom. The van der Waals surface area contributed by atoms with E-state index in [-0.39, 0.29) is 5.56 Å². The van der Waals surface area contributed by atoms with Crippen LogP contribution >= 0.6 is 11.3 Å². The molecule has 3 heterocycles. The van der Waals surface area contributed by atoms with E-state index in [1.54, 1.807) is 11.3 Å². The van der Waals surface area contributed by atoms with Crippen molar-refractivity contribution in [3.05, 3.63) is 51.1 Å². The summed E-state index contributed by atoms with van der Waals surface area (Å²) < 4.78 is 7.32. The maximum Gasteiger partial charge on any atom is 0.268 e. The number of para-hydroxylation sites is 1. The van der Waals surface area contributed by atoms with Crippen molar-refractivity contribution in [3.8, 4) is 5.69 Å². The molecule has 1 aliphatic heterocycles. The Morgan fingerprint density at radius 3 is 2.59 bits per heavy atom.